The van der Waals surface area contributed by atoms with Crippen LogP contribution in [0.15, 0.2) is 24.3 Å². The second kappa shape index (κ2) is 8.71. The molecule has 21 heavy (non-hydrogen) atoms. The average Bonchev–Trinajstić information content (AvgIpc) is 2.54. The number of nitrogens with one attached hydrogen (secondary N) is 1. The first-order valence-corrected chi connectivity index (χ1v) is 8.40. The van der Waals surface area contributed by atoms with Crippen molar-refractivity contribution in [2.45, 2.75) is 51.9 Å². The van der Waals surface area contributed by atoms with Gasteiger partial charge in [0, 0.05) is 31.7 Å². The summed E-state index contributed by atoms with van der Waals surface area (Å²) in [6.07, 6.45) is 7.58. The second-order valence-corrected chi connectivity index (χ2v) is 5.92. The van der Waals surface area contributed by atoms with E-state index < -0.39 is 0 Å². The molecule has 1 aliphatic rings. The van der Waals surface area contributed by atoms with Crippen molar-refractivity contribution in [1.82, 2.24) is 5.32 Å². The molecular weight excluding hydrogens is 260 g/mol. The second-order valence-electron chi connectivity index (χ2n) is 5.92. The number of carbonyl (C=O) groups excluding carboxylic acids is 1. The van der Waals surface area contributed by atoms with Crippen molar-refractivity contribution in [2.75, 3.05) is 24.5 Å². The molecule has 1 aliphatic heterocycles. The van der Waals surface area contributed by atoms with Crippen LogP contribution in [0.3, 0.4) is 0 Å². The molecule has 1 aromatic rings. The zero-order valence-electron chi connectivity index (χ0n) is 13.2. The molecule has 0 atom stereocenters. The van der Waals surface area contributed by atoms with Gasteiger partial charge in [0.05, 0.1) is 0 Å². The molecule has 2 rings (SSSR count). The van der Waals surface area contributed by atoms with Crippen LogP contribution in [0.1, 0.15) is 51.0 Å². The molecule has 3 heteroatoms. The van der Waals surface area contributed by atoms with E-state index in [1.54, 1.807) is 0 Å². The summed E-state index contributed by atoms with van der Waals surface area (Å²) < 4.78 is 0. The van der Waals surface area contributed by atoms with E-state index in [2.05, 4.69) is 41.4 Å². The van der Waals surface area contributed by atoms with Gasteiger partial charge in [-0.05, 0) is 49.8 Å². The van der Waals surface area contributed by atoms with Crippen LogP contribution in [0.4, 0.5) is 5.69 Å². The van der Waals surface area contributed by atoms with E-state index in [-0.39, 0.29) is 5.91 Å². The maximum absolute atomic E-state index is 11.7. The van der Waals surface area contributed by atoms with Crippen molar-refractivity contribution in [1.29, 1.82) is 0 Å². The maximum atomic E-state index is 11.7. The first-order chi connectivity index (χ1) is 10.3. The number of aryl methyl sites for hydroxylation is 1. The first-order valence-electron chi connectivity index (χ1n) is 8.40. The fourth-order valence-electron chi connectivity index (χ4n) is 2.78. The predicted molar refractivity (Wildman–Crippen MR) is 88.7 cm³/mol. The largest absolute Gasteiger partial charge is 0.372 e. The number of amides is 1. The topological polar surface area (TPSA) is 32.3 Å². The van der Waals surface area contributed by atoms with Crippen molar-refractivity contribution in [3.8, 4) is 0 Å². The molecule has 1 aromatic carbocycles. The van der Waals surface area contributed by atoms with Gasteiger partial charge >= 0.3 is 0 Å². The van der Waals surface area contributed by atoms with Gasteiger partial charge in [0.15, 0.2) is 0 Å². The van der Waals surface area contributed by atoms with Crippen LogP contribution in [0.25, 0.3) is 0 Å². The third-order valence-corrected chi connectivity index (χ3v) is 4.15. The molecule has 0 bridgehead atoms. The van der Waals surface area contributed by atoms with Crippen molar-refractivity contribution in [2.24, 2.45) is 0 Å². The van der Waals surface area contributed by atoms with E-state index in [1.807, 2.05) is 0 Å². The van der Waals surface area contributed by atoms with Crippen LogP contribution >= 0.6 is 0 Å². The minimum absolute atomic E-state index is 0.170. The molecular formula is C18H28N2O. The molecule has 1 saturated heterocycles. The molecule has 0 spiro atoms. The fraction of sp³-hybridized carbons (Fsp3) is 0.611. The van der Waals surface area contributed by atoms with Gasteiger partial charge in [0.2, 0.25) is 5.91 Å². The smallest absolute Gasteiger partial charge is 0.220 e. The highest BCUT2D eigenvalue weighted by atomic mass is 16.1. The number of rotatable bonds is 7. The first kappa shape index (κ1) is 15.9. The molecule has 0 radical (unpaired) electrons. The van der Waals surface area contributed by atoms with Crippen LogP contribution in [0.2, 0.25) is 0 Å². The van der Waals surface area contributed by atoms with Gasteiger partial charge in [-0.3, -0.25) is 4.79 Å². The van der Waals surface area contributed by atoms with Gasteiger partial charge in [-0.25, -0.2) is 0 Å². The quantitative estimate of drug-likeness (QED) is 0.779. The molecule has 1 amide bonds. The van der Waals surface area contributed by atoms with Crippen LogP contribution < -0.4 is 10.2 Å². The van der Waals surface area contributed by atoms with E-state index in [1.165, 1.54) is 43.6 Å². The lowest BCUT2D eigenvalue weighted by Gasteiger charge is -2.28. The molecule has 0 aliphatic carbocycles. The summed E-state index contributed by atoms with van der Waals surface area (Å²) in [7, 11) is 0. The summed E-state index contributed by atoms with van der Waals surface area (Å²) in [6, 6.07) is 8.75. The zero-order chi connectivity index (χ0) is 14.9. The number of anilines is 1. The molecule has 0 unspecified atom stereocenters. The fourth-order valence-corrected chi connectivity index (χ4v) is 2.78. The maximum Gasteiger partial charge on any atom is 0.220 e. The van der Waals surface area contributed by atoms with Gasteiger partial charge in [-0.15, -0.1) is 0 Å². The zero-order valence-corrected chi connectivity index (χ0v) is 13.2. The number of nitrogens with zero attached hydrogens (tertiary/aromatic N) is 1. The van der Waals surface area contributed by atoms with E-state index in [0.717, 1.165) is 25.8 Å². The van der Waals surface area contributed by atoms with E-state index >= 15 is 0 Å². The molecule has 1 heterocycles. The lowest BCUT2D eigenvalue weighted by Crippen LogP contribution is -2.29. The Bertz CT molecular complexity index is 421. The van der Waals surface area contributed by atoms with Crippen molar-refractivity contribution in [3.63, 3.8) is 0 Å². The molecule has 0 saturated carbocycles. The van der Waals surface area contributed by atoms with Crippen LogP contribution in [0, 0.1) is 0 Å². The highest BCUT2D eigenvalue weighted by Gasteiger charge is 2.10. The Morgan fingerprint density at radius 3 is 2.52 bits per heavy atom. The van der Waals surface area contributed by atoms with Crippen LogP contribution in [0.5, 0.6) is 0 Å². The lowest BCUT2D eigenvalue weighted by molar-refractivity contribution is -0.121. The Morgan fingerprint density at radius 1 is 1.14 bits per heavy atom. The highest BCUT2D eigenvalue weighted by molar-refractivity contribution is 5.76. The number of benzene rings is 1. The Morgan fingerprint density at radius 2 is 1.86 bits per heavy atom. The minimum atomic E-state index is 0.170. The third-order valence-electron chi connectivity index (χ3n) is 4.15. The van der Waals surface area contributed by atoms with Gasteiger partial charge in [-0.1, -0.05) is 25.5 Å². The normalized spacial score (nSPS) is 15.0. The Hall–Kier alpha value is -1.51. The SMILES string of the molecule is CCCCNC(=O)CCc1ccc(N2CCCCC2)cc1. The number of hydrogen-bond acceptors (Lipinski definition) is 2. The number of carbonyl (C=O) groups is 1. The summed E-state index contributed by atoms with van der Waals surface area (Å²) in [5.41, 5.74) is 2.58. The summed E-state index contributed by atoms with van der Waals surface area (Å²) in [6.45, 7) is 5.30. The molecule has 1 N–H and O–H groups in total. The number of unbranched alkanes of at least 4 members (excludes halogenated alkanes) is 1. The standard InChI is InChI=1S/C18H28N2O/c1-2-3-13-19-18(21)12-9-16-7-10-17(11-8-16)20-14-5-4-6-15-20/h7-8,10-11H,2-6,9,12-15H2,1H3,(H,19,21). The number of hydrogen-bond donors (Lipinski definition) is 1. The Balaban J connectivity index is 1.75. The molecule has 0 aromatic heterocycles. The minimum Gasteiger partial charge on any atom is -0.372 e. The Labute approximate surface area is 128 Å². The average molecular weight is 288 g/mol. The summed E-state index contributed by atoms with van der Waals surface area (Å²) >= 11 is 0. The van der Waals surface area contributed by atoms with Gasteiger partial charge < -0.3 is 10.2 Å². The van der Waals surface area contributed by atoms with Crippen molar-refractivity contribution < 1.29 is 4.79 Å². The predicted octanol–water partition coefficient (Wildman–Crippen LogP) is 3.53. The monoisotopic (exact) mass is 288 g/mol. The van der Waals surface area contributed by atoms with Gasteiger partial charge in [0.1, 0.15) is 0 Å². The van der Waals surface area contributed by atoms with Crippen molar-refractivity contribution in [3.05, 3.63) is 29.8 Å². The van der Waals surface area contributed by atoms with Crippen molar-refractivity contribution >= 4 is 11.6 Å². The van der Waals surface area contributed by atoms with Crippen LogP contribution in [-0.4, -0.2) is 25.5 Å². The molecule has 1 fully saturated rings. The molecule has 116 valence electrons. The van der Waals surface area contributed by atoms with Crippen LogP contribution in [-0.2, 0) is 11.2 Å². The summed E-state index contributed by atoms with van der Waals surface area (Å²) in [5, 5.41) is 2.97. The van der Waals surface area contributed by atoms with Gasteiger partial charge in [-0.2, -0.15) is 0 Å². The molecule has 3 nitrogen and oxygen atoms in total. The highest BCUT2D eigenvalue weighted by Crippen LogP contribution is 2.20. The third kappa shape index (κ3) is 5.41. The van der Waals surface area contributed by atoms with E-state index in [4.69, 9.17) is 0 Å². The summed E-state index contributed by atoms with van der Waals surface area (Å²) in [5.74, 6) is 0.170. The Kier molecular flexibility index (Phi) is 6.58. The van der Waals surface area contributed by atoms with Gasteiger partial charge in [0.25, 0.3) is 0 Å². The lowest BCUT2D eigenvalue weighted by atomic mass is 10.1. The number of piperidine rings is 1. The van der Waals surface area contributed by atoms with E-state index in [0.29, 0.717) is 6.42 Å². The van der Waals surface area contributed by atoms with E-state index in [9.17, 15) is 4.79 Å². The summed E-state index contributed by atoms with van der Waals surface area (Å²) in [4.78, 5) is 14.1.